The van der Waals surface area contributed by atoms with Gasteiger partial charge in [-0.25, -0.2) is 4.39 Å². The summed E-state index contributed by atoms with van der Waals surface area (Å²) in [6.07, 6.45) is 0. The Kier molecular flexibility index (Phi) is 4.05. The Balaban J connectivity index is 2.10. The molecule has 0 amide bonds. The fourth-order valence-corrected chi connectivity index (χ4v) is 1.82. The predicted octanol–water partition coefficient (Wildman–Crippen LogP) is 4.11. The molecule has 2 nitrogen and oxygen atoms in total. The fourth-order valence-electron chi connectivity index (χ4n) is 1.82. The first-order valence-corrected chi connectivity index (χ1v) is 6.33. The van der Waals surface area contributed by atoms with Crippen LogP contribution in [-0.4, -0.2) is 0 Å². The van der Waals surface area contributed by atoms with Crippen molar-refractivity contribution in [3.05, 3.63) is 59.4 Å². The van der Waals surface area contributed by atoms with Gasteiger partial charge in [-0.2, -0.15) is 0 Å². The molecule has 3 heteroatoms. The zero-order valence-electron chi connectivity index (χ0n) is 11.2. The minimum Gasteiger partial charge on any atom is -0.489 e. The van der Waals surface area contributed by atoms with Crippen molar-refractivity contribution >= 4 is 5.69 Å². The molecule has 0 saturated carbocycles. The summed E-state index contributed by atoms with van der Waals surface area (Å²) >= 11 is 0. The molecule has 100 valence electrons. The van der Waals surface area contributed by atoms with E-state index in [0.717, 1.165) is 5.75 Å². The third-order valence-electron chi connectivity index (χ3n) is 3.02. The van der Waals surface area contributed by atoms with Crippen LogP contribution in [0.1, 0.15) is 30.9 Å². The molecule has 0 radical (unpaired) electrons. The quantitative estimate of drug-likeness (QED) is 0.839. The Morgan fingerprint density at radius 2 is 1.95 bits per heavy atom. The summed E-state index contributed by atoms with van der Waals surface area (Å²) < 4.78 is 18.8. The Labute approximate surface area is 113 Å². The van der Waals surface area contributed by atoms with E-state index < -0.39 is 0 Å². The van der Waals surface area contributed by atoms with Crippen molar-refractivity contribution < 1.29 is 9.13 Å². The van der Waals surface area contributed by atoms with E-state index >= 15 is 0 Å². The van der Waals surface area contributed by atoms with Crippen LogP contribution in [0, 0.1) is 5.82 Å². The van der Waals surface area contributed by atoms with Crippen molar-refractivity contribution in [1.29, 1.82) is 0 Å². The molecule has 19 heavy (non-hydrogen) atoms. The van der Waals surface area contributed by atoms with Gasteiger partial charge in [-0.05, 0) is 41.8 Å². The monoisotopic (exact) mass is 259 g/mol. The van der Waals surface area contributed by atoms with E-state index in [1.165, 1.54) is 17.7 Å². The van der Waals surface area contributed by atoms with Gasteiger partial charge in [-0.3, -0.25) is 0 Å². The van der Waals surface area contributed by atoms with Crippen LogP contribution >= 0.6 is 0 Å². The number of halogens is 1. The van der Waals surface area contributed by atoms with Crippen LogP contribution in [0.3, 0.4) is 0 Å². The number of nitrogens with two attached hydrogens (primary N) is 1. The van der Waals surface area contributed by atoms with Gasteiger partial charge in [0.25, 0.3) is 0 Å². The molecule has 0 bridgehead atoms. The van der Waals surface area contributed by atoms with E-state index in [2.05, 4.69) is 19.9 Å². The van der Waals surface area contributed by atoms with E-state index in [9.17, 15) is 4.39 Å². The zero-order chi connectivity index (χ0) is 13.8. The first kappa shape index (κ1) is 13.4. The first-order valence-electron chi connectivity index (χ1n) is 6.33. The van der Waals surface area contributed by atoms with Crippen molar-refractivity contribution in [2.24, 2.45) is 0 Å². The molecule has 0 aliphatic carbocycles. The second-order valence-corrected chi connectivity index (χ2v) is 4.86. The van der Waals surface area contributed by atoms with E-state index in [1.807, 2.05) is 18.2 Å². The normalized spacial score (nSPS) is 10.7. The molecule has 0 aliphatic heterocycles. The van der Waals surface area contributed by atoms with E-state index in [-0.39, 0.29) is 12.4 Å². The summed E-state index contributed by atoms with van der Waals surface area (Å²) in [6, 6.07) is 12.2. The minimum absolute atomic E-state index is 0.269. The molecular weight excluding hydrogens is 241 g/mol. The Hall–Kier alpha value is -2.03. The van der Waals surface area contributed by atoms with Crippen molar-refractivity contribution in [3.8, 4) is 5.75 Å². The van der Waals surface area contributed by atoms with E-state index in [1.54, 1.807) is 6.07 Å². The number of anilines is 1. The lowest BCUT2D eigenvalue weighted by Crippen LogP contribution is -2.01. The van der Waals surface area contributed by atoms with Gasteiger partial charge in [0.15, 0.2) is 0 Å². The van der Waals surface area contributed by atoms with Crippen molar-refractivity contribution in [2.45, 2.75) is 26.4 Å². The maximum atomic E-state index is 13.1. The number of nitrogen functional groups attached to an aromatic ring is 1. The van der Waals surface area contributed by atoms with E-state index in [0.29, 0.717) is 17.2 Å². The summed E-state index contributed by atoms with van der Waals surface area (Å²) in [7, 11) is 0. The number of benzene rings is 2. The molecule has 0 spiro atoms. The van der Waals surface area contributed by atoms with Crippen LogP contribution in [0.4, 0.5) is 10.1 Å². The van der Waals surface area contributed by atoms with E-state index in [4.69, 9.17) is 10.5 Å². The number of ether oxygens (including phenoxy) is 1. The van der Waals surface area contributed by atoms with Crippen molar-refractivity contribution in [3.63, 3.8) is 0 Å². The van der Waals surface area contributed by atoms with Gasteiger partial charge in [0.05, 0.1) is 0 Å². The van der Waals surface area contributed by atoms with Crippen molar-refractivity contribution in [2.75, 3.05) is 5.73 Å². The molecule has 0 saturated heterocycles. The molecule has 2 aromatic carbocycles. The lowest BCUT2D eigenvalue weighted by molar-refractivity contribution is 0.306. The molecule has 2 rings (SSSR count). The second-order valence-electron chi connectivity index (χ2n) is 4.86. The lowest BCUT2D eigenvalue weighted by Gasteiger charge is -2.11. The van der Waals surface area contributed by atoms with Gasteiger partial charge < -0.3 is 10.5 Å². The molecule has 0 unspecified atom stereocenters. The minimum atomic E-state index is -0.302. The highest BCUT2D eigenvalue weighted by molar-refractivity contribution is 5.46. The number of hydrogen-bond acceptors (Lipinski definition) is 2. The SMILES string of the molecule is CC(C)c1cccc(OCc2cc(F)ccc2N)c1. The van der Waals surface area contributed by atoms with Gasteiger partial charge in [0.1, 0.15) is 18.2 Å². The number of hydrogen-bond donors (Lipinski definition) is 1. The molecule has 0 fully saturated rings. The molecule has 2 aromatic rings. The van der Waals surface area contributed by atoms with Gasteiger partial charge in [-0.1, -0.05) is 26.0 Å². The van der Waals surface area contributed by atoms with Crippen LogP contribution in [0.15, 0.2) is 42.5 Å². The summed E-state index contributed by atoms with van der Waals surface area (Å²) in [5.74, 6) is 0.918. The maximum absolute atomic E-state index is 13.1. The summed E-state index contributed by atoms with van der Waals surface area (Å²) in [6.45, 7) is 4.53. The Morgan fingerprint density at radius 1 is 1.16 bits per heavy atom. The van der Waals surface area contributed by atoms with Gasteiger partial charge >= 0.3 is 0 Å². The third kappa shape index (κ3) is 3.47. The smallest absolute Gasteiger partial charge is 0.123 e. The predicted molar refractivity (Wildman–Crippen MR) is 75.7 cm³/mol. The zero-order valence-corrected chi connectivity index (χ0v) is 11.2. The van der Waals surface area contributed by atoms with Crippen LogP contribution < -0.4 is 10.5 Å². The third-order valence-corrected chi connectivity index (χ3v) is 3.02. The highest BCUT2D eigenvalue weighted by Gasteiger charge is 2.04. The largest absolute Gasteiger partial charge is 0.489 e. The Bertz CT molecular complexity index is 566. The molecule has 0 aliphatic rings. The number of rotatable bonds is 4. The summed E-state index contributed by atoms with van der Waals surface area (Å²) in [5.41, 5.74) is 8.20. The molecular formula is C16H18FNO. The first-order chi connectivity index (χ1) is 9.06. The molecule has 0 aromatic heterocycles. The van der Waals surface area contributed by atoms with Crippen LogP contribution in [0.25, 0.3) is 0 Å². The molecule has 0 heterocycles. The van der Waals surface area contributed by atoms with Crippen LogP contribution in [-0.2, 0) is 6.61 Å². The second kappa shape index (κ2) is 5.74. The fraction of sp³-hybridized carbons (Fsp3) is 0.250. The molecule has 0 atom stereocenters. The van der Waals surface area contributed by atoms with Gasteiger partial charge in [-0.15, -0.1) is 0 Å². The summed E-state index contributed by atoms with van der Waals surface area (Å²) in [5, 5.41) is 0. The van der Waals surface area contributed by atoms with Crippen LogP contribution in [0.5, 0.6) is 5.75 Å². The van der Waals surface area contributed by atoms with Gasteiger partial charge in [0, 0.05) is 11.3 Å². The van der Waals surface area contributed by atoms with Crippen molar-refractivity contribution in [1.82, 2.24) is 0 Å². The maximum Gasteiger partial charge on any atom is 0.123 e. The van der Waals surface area contributed by atoms with Crippen LogP contribution in [0.2, 0.25) is 0 Å². The van der Waals surface area contributed by atoms with Gasteiger partial charge in [0.2, 0.25) is 0 Å². The molecule has 2 N–H and O–H groups in total. The summed E-state index contributed by atoms with van der Waals surface area (Å²) in [4.78, 5) is 0. The Morgan fingerprint density at radius 3 is 2.68 bits per heavy atom. The standard InChI is InChI=1S/C16H18FNO/c1-11(2)12-4-3-5-15(9-12)19-10-13-8-14(17)6-7-16(13)18/h3-9,11H,10,18H2,1-2H3. The average Bonchev–Trinajstić information content (AvgIpc) is 2.40. The highest BCUT2D eigenvalue weighted by Crippen LogP contribution is 2.22. The topological polar surface area (TPSA) is 35.2 Å². The average molecular weight is 259 g/mol. The highest BCUT2D eigenvalue weighted by atomic mass is 19.1. The lowest BCUT2D eigenvalue weighted by atomic mass is 10.0.